The number of ether oxygens (including phenoxy) is 2. The topological polar surface area (TPSA) is 98.8 Å². The van der Waals surface area contributed by atoms with E-state index in [0.717, 1.165) is 5.56 Å². The molecule has 0 saturated carbocycles. The lowest BCUT2D eigenvalue weighted by Gasteiger charge is -2.20. The first kappa shape index (κ1) is 22.3. The highest BCUT2D eigenvalue weighted by Gasteiger charge is 2.33. The van der Waals surface area contributed by atoms with Gasteiger partial charge in [0.1, 0.15) is 24.1 Å². The molecular formula is C20H27NO6. The van der Waals surface area contributed by atoms with Crippen LogP contribution in [0.4, 0.5) is 4.79 Å². The van der Waals surface area contributed by atoms with Crippen molar-refractivity contribution in [3.63, 3.8) is 0 Å². The summed E-state index contributed by atoms with van der Waals surface area (Å²) < 4.78 is 9.68. The maximum Gasteiger partial charge on any atom is 0.407 e. The van der Waals surface area contributed by atoms with Crippen molar-refractivity contribution < 1.29 is 28.7 Å². The summed E-state index contributed by atoms with van der Waals surface area (Å²) in [5, 5.41) is 2.46. The smallest absolute Gasteiger partial charge is 0.407 e. The summed E-state index contributed by atoms with van der Waals surface area (Å²) in [4.78, 5) is 48.0. The lowest BCUT2D eigenvalue weighted by Crippen LogP contribution is -2.34. The molecule has 1 unspecified atom stereocenters. The number of hydrogen-bond donors (Lipinski definition) is 1. The lowest BCUT2D eigenvalue weighted by molar-refractivity contribution is -0.152. The number of nitrogens with one attached hydrogen (secondary N) is 1. The van der Waals surface area contributed by atoms with Crippen molar-refractivity contribution in [2.75, 3.05) is 13.7 Å². The molecule has 0 fully saturated rings. The highest BCUT2D eigenvalue weighted by molar-refractivity contribution is 6.03. The maximum absolute atomic E-state index is 12.3. The van der Waals surface area contributed by atoms with Crippen molar-refractivity contribution in [1.82, 2.24) is 5.32 Å². The van der Waals surface area contributed by atoms with Gasteiger partial charge in [0, 0.05) is 24.8 Å². The molecule has 0 saturated heterocycles. The summed E-state index contributed by atoms with van der Waals surface area (Å²) in [7, 11) is 1.17. The lowest BCUT2D eigenvalue weighted by atomic mass is 9.83. The summed E-state index contributed by atoms with van der Waals surface area (Å²) in [6, 6.07) is 9.17. The number of alkyl carbamates (subject to hydrolysis) is 1. The predicted molar refractivity (Wildman–Crippen MR) is 98.8 cm³/mol. The molecule has 0 heterocycles. The highest BCUT2D eigenvalue weighted by atomic mass is 16.5. The van der Waals surface area contributed by atoms with E-state index in [4.69, 9.17) is 4.74 Å². The Morgan fingerprint density at radius 1 is 1.07 bits per heavy atom. The fourth-order valence-corrected chi connectivity index (χ4v) is 2.20. The Morgan fingerprint density at radius 2 is 1.70 bits per heavy atom. The van der Waals surface area contributed by atoms with Crippen LogP contribution in [0.1, 0.15) is 39.2 Å². The standard InChI is InChI=1S/C20H27NO6/c1-20(2,3)17(23)12-15(18(24)26-4)16(22)10-11-21-19(25)27-13-14-8-6-5-7-9-14/h5-9,15H,10-13H2,1-4H3,(H,21,25). The van der Waals surface area contributed by atoms with Crippen molar-refractivity contribution in [3.05, 3.63) is 35.9 Å². The van der Waals surface area contributed by atoms with Crippen LogP contribution in [0, 0.1) is 11.3 Å². The van der Waals surface area contributed by atoms with Crippen LogP contribution in [0.15, 0.2) is 30.3 Å². The van der Waals surface area contributed by atoms with Gasteiger partial charge in [0.15, 0.2) is 0 Å². The second-order valence-corrected chi connectivity index (χ2v) is 7.16. The first-order valence-corrected chi connectivity index (χ1v) is 8.73. The molecule has 1 aromatic rings. The maximum atomic E-state index is 12.3. The molecule has 7 heteroatoms. The Balaban J connectivity index is 2.47. The zero-order valence-corrected chi connectivity index (χ0v) is 16.2. The van der Waals surface area contributed by atoms with Gasteiger partial charge in [0.2, 0.25) is 0 Å². The van der Waals surface area contributed by atoms with Gasteiger partial charge < -0.3 is 14.8 Å². The van der Waals surface area contributed by atoms with Crippen LogP contribution < -0.4 is 5.32 Å². The summed E-state index contributed by atoms with van der Waals surface area (Å²) in [6.45, 7) is 5.28. The van der Waals surface area contributed by atoms with E-state index in [1.807, 2.05) is 30.3 Å². The average Bonchev–Trinajstić information content (AvgIpc) is 2.63. The third-order valence-corrected chi connectivity index (χ3v) is 3.95. The number of carbonyl (C=O) groups is 4. The second-order valence-electron chi connectivity index (χ2n) is 7.16. The number of benzene rings is 1. The number of ketones is 2. The normalized spacial score (nSPS) is 12.0. The van der Waals surface area contributed by atoms with Crippen LogP contribution in [0.25, 0.3) is 0 Å². The quantitative estimate of drug-likeness (QED) is 0.525. The molecule has 0 aliphatic carbocycles. The van der Waals surface area contributed by atoms with E-state index in [-0.39, 0.29) is 31.8 Å². The molecule has 0 bridgehead atoms. The Kier molecular flexibility index (Phi) is 8.65. The van der Waals surface area contributed by atoms with Gasteiger partial charge in [-0.15, -0.1) is 0 Å². The van der Waals surface area contributed by atoms with Crippen LogP contribution in [0.3, 0.4) is 0 Å². The predicted octanol–water partition coefficient (Wildman–Crippen LogP) is 2.67. The Labute approximate surface area is 159 Å². The van der Waals surface area contributed by atoms with Crippen LogP contribution in [0.5, 0.6) is 0 Å². The largest absolute Gasteiger partial charge is 0.468 e. The van der Waals surface area contributed by atoms with E-state index < -0.39 is 29.2 Å². The molecule has 1 N–H and O–H groups in total. The van der Waals surface area contributed by atoms with Crippen LogP contribution in [-0.2, 0) is 30.5 Å². The van der Waals surface area contributed by atoms with Gasteiger partial charge in [0.25, 0.3) is 0 Å². The van der Waals surface area contributed by atoms with Crippen molar-refractivity contribution in [2.24, 2.45) is 11.3 Å². The monoisotopic (exact) mass is 377 g/mol. The van der Waals surface area contributed by atoms with E-state index in [2.05, 4.69) is 10.1 Å². The first-order valence-electron chi connectivity index (χ1n) is 8.73. The van der Waals surface area contributed by atoms with Gasteiger partial charge in [-0.25, -0.2) is 4.79 Å². The Bertz CT molecular complexity index is 663. The fourth-order valence-electron chi connectivity index (χ4n) is 2.20. The van der Waals surface area contributed by atoms with E-state index in [1.54, 1.807) is 20.8 Å². The number of rotatable bonds is 9. The number of Topliss-reactive ketones (excluding diaryl/α,β-unsaturated/α-hetero) is 2. The summed E-state index contributed by atoms with van der Waals surface area (Å²) in [5.74, 6) is -2.57. The molecule has 148 valence electrons. The number of amides is 1. The number of methoxy groups -OCH3 is 1. The van der Waals surface area contributed by atoms with Gasteiger partial charge in [0.05, 0.1) is 7.11 Å². The SMILES string of the molecule is COC(=O)C(CC(=O)C(C)(C)C)C(=O)CCNC(=O)OCc1ccccc1. The molecule has 0 aromatic heterocycles. The zero-order valence-electron chi connectivity index (χ0n) is 16.2. The van der Waals surface area contributed by atoms with Gasteiger partial charge in [-0.05, 0) is 5.56 Å². The van der Waals surface area contributed by atoms with Crippen LogP contribution >= 0.6 is 0 Å². The molecule has 0 radical (unpaired) electrons. The second kappa shape index (κ2) is 10.4. The molecule has 0 aliphatic rings. The third-order valence-electron chi connectivity index (χ3n) is 3.95. The molecule has 1 amide bonds. The summed E-state index contributed by atoms with van der Waals surface area (Å²) in [5.41, 5.74) is 0.182. The number of carbonyl (C=O) groups excluding carboxylic acids is 4. The van der Waals surface area contributed by atoms with Crippen LogP contribution in [-0.4, -0.2) is 37.3 Å². The van der Waals surface area contributed by atoms with Gasteiger partial charge in [-0.1, -0.05) is 51.1 Å². The van der Waals surface area contributed by atoms with Crippen molar-refractivity contribution in [2.45, 2.75) is 40.2 Å². The molecule has 0 aliphatic heterocycles. The van der Waals surface area contributed by atoms with E-state index in [1.165, 1.54) is 7.11 Å². The van der Waals surface area contributed by atoms with Crippen molar-refractivity contribution in [1.29, 1.82) is 0 Å². The highest BCUT2D eigenvalue weighted by Crippen LogP contribution is 2.21. The average molecular weight is 377 g/mol. The van der Waals surface area contributed by atoms with Gasteiger partial charge >= 0.3 is 12.1 Å². The van der Waals surface area contributed by atoms with E-state index in [9.17, 15) is 19.2 Å². The fraction of sp³-hybridized carbons (Fsp3) is 0.500. The molecule has 1 aromatic carbocycles. The Morgan fingerprint density at radius 3 is 2.26 bits per heavy atom. The minimum atomic E-state index is -1.16. The molecule has 27 heavy (non-hydrogen) atoms. The summed E-state index contributed by atoms with van der Waals surface area (Å²) in [6.07, 6.45) is -0.975. The molecule has 1 rings (SSSR count). The van der Waals surface area contributed by atoms with Gasteiger partial charge in [-0.3, -0.25) is 14.4 Å². The van der Waals surface area contributed by atoms with Gasteiger partial charge in [-0.2, -0.15) is 0 Å². The van der Waals surface area contributed by atoms with E-state index >= 15 is 0 Å². The van der Waals surface area contributed by atoms with E-state index in [0.29, 0.717) is 0 Å². The number of hydrogen-bond acceptors (Lipinski definition) is 6. The van der Waals surface area contributed by atoms with Crippen molar-refractivity contribution in [3.8, 4) is 0 Å². The minimum Gasteiger partial charge on any atom is -0.468 e. The molecular weight excluding hydrogens is 350 g/mol. The first-order chi connectivity index (χ1) is 12.6. The van der Waals surface area contributed by atoms with Crippen molar-refractivity contribution >= 4 is 23.6 Å². The third kappa shape index (κ3) is 8.02. The van der Waals surface area contributed by atoms with Crippen LogP contribution in [0.2, 0.25) is 0 Å². The number of esters is 1. The Hall–Kier alpha value is -2.70. The summed E-state index contributed by atoms with van der Waals surface area (Å²) >= 11 is 0. The molecule has 0 spiro atoms. The molecule has 7 nitrogen and oxygen atoms in total. The minimum absolute atomic E-state index is 0.00363. The molecule has 1 atom stereocenters. The zero-order chi connectivity index (χ0) is 20.4.